The quantitative estimate of drug-likeness (QED) is 0.798. The maximum Gasteiger partial charge on any atom is 0.335 e. The predicted octanol–water partition coefficient (Wildman–Crippen LogP) is 3.10. The van der Waals surface area contributed by atoms with Gasteiger partial charge >= 0.3 is 12.0 Å². The van der Waals surface area contributed by atoms with Crippen molar-refractivity contribution in [3.05, 3.63) is 29.3 Å². The van der Waals surface area contributed by atoms with Gasteiger partial charge in [-0.3, -0.25) is 0 Å². The number of rotatable bonds is 4. The van der Waals surface area contributed by atoms with Crippen LogP contribution in [0.5, 0.6) is 0 Å². The molecule has 0 saturated carbocycles. The number of aryl methyl sites for hydroxylation is 1. The van der Waals surface area contributed by atoms with Crippen LogP contribution in [0.1, 0.15) is 35.2 Å². The van der Waals surface area contributed by atoms with Crippen LogP contribution in [0.3, 0.4) is 0 Å². The topological polar surface area (TPSA) is 78.4 Å². The van der Waals surface area contributed by atoms with Crippen molar-refractivity contribution in [2.24, 2.45) is 0 Å². The van der Waals surface area contributed by atoms with Crippen molar-refractivity contribution < 1.29 is 14.7 Å². The molecule has 1 heterocycles. The fourth-order valence-electron chi connectivity index (χ4n) is 2.23. The summed E-state index contributed by atoms with van der Waals surface area (Å²) in [6.45, 7) is 2.48. The first-order valence-electron chi connectivity index (χ1n) is 7.06. The molecule has 0 aliphatic carbocycles. The van der Waals surface area contributed by atoms with Gasteiger partial charge in [-0.05, 0) is 43.2 Å². The molecule has 1 aromatic carbocycles. The number of carbonyl (C=O) groups is 2. The van der Waals surface area contributed by atoms with Crippen LogP contribution in [-0.4, -0.2) is 34.7 Å². The third-order valence-corrected chi connectivity index (χ3v) is 4.90. The molecule has 1 aliphatic heterocycles. The second-order valence-corrected chi connectivity index (χ2v) is 6.57. The summed E-state index contributed by atoms with van der Waals surface area (Å²) in [7, 11) is 0. The molecule has 6 heteroatoms. The average Bonchev–Trinajstić information content (AvgIpc) is 2.48. The molecule has 0 spiro atoms. The van der Waals surface area contributed by atoms with Crippen molar-refractivity contribution in [2.75, 3.05) is 17.6 Å². The fourth-order valence-corrected chi connectivity index (χ4v) is 3.47. The molecule has 2 rings (SSSR count). The summed E-state index contributed by atoms with van der Waals surface area (Å²) < 4.78 is 0. The van der Waals surface area contributed by atoms with E-state index in [1.807, 2.05) is 18.7 Å². The van der Waals surface area contributed by atoms with Gasteiger partial charge < -0.3 is 15.7 Å². The van der Waals surface area contributed by atoms with Gasteiger partial charge in [0, 0.05) is 17.5 Å². The van der Waals surface area contributed by atoms with Crippen molar-refractivity contribution in [3.8, 4) is 0 Å². The minimum absolute atomic E-state index is 0.165. The first-order chi connectivity index (χ1) is 10.1. The van der Waals surface area contributed by atoms with Crippen LogP contribution in [0, 0.1) is 6.92 Å². The molecule has 2 amide bonds. The number of hydrogen-bond donors (Lipinski definition) is 3. The van der Waals surface area contributed by atoms with Crippen molar-refractivity contribution in [3.63, 3.8) is 0 Å². The highest BCUT2D eigenvalue weighted by atomic mass is 32.2. The number of benzene rings is 1. The van der Waals surface area contributed by atoms with Gasteiger partial charge in [-0.2, -0.15) is 11.8 Å². The minimum atomic E-state index is -1.00. The molecule has 0 aromatic heterocycles. The molecule has 1 unspecified atom stereocenters. The predicted molar refractivity (Wildman–Crippen MR) is 85.3 cm³/mol. The van der Waals surface area contributed by atoms with Crippen molar-refractivity contribution in [2.45, 2.75) is 31.4 Å². The van der Waals surface area contributed by atoms with E-state index in [2.05, 4.69) is 10.6 Å². The molecule has 1 fully saturated rings. The standard InChI is InChI=1S/C15H20N2O3S/c1-10-5-6-11(14(18)19)8-13(10)17-15(20)16-9-12-4-2-3-7-21-12/h5-6,8,12H,2-4,7,9H2,1H3,(H,18,19)(H2,16,17,20). The number of amides is 2. The number of carboxylic acid groups (broad SMARTS) is 1. The monoisotopic (exact) mass is 308 g/mol. The second kappa shape index (κ2) is 7.36. The lowest BCUT2D eigenvalue weighted by Crippen LogP contribution is -2.35. The van der Waals surface area contributed by atoms with Crippen molar-refractivity contribution in [1.82, 2.24) is 5.32 Å². The molecule has 3 N–H and O–H groups in total. The van der Waals surface area contributed by atoms with E-state index in [1.54, 1.807) is 6.07 Å². The molecule has 5 nitrogen and oxygen atoms in total. The van der Waals surface area contributed by atoms with Crippen LogP contribution in [0.2, 0.25) is 0 Å². The van der Waals surface area contributed by atoms with Crippen LogP contribution in [-0.2, 0) is 0 Å². The number of aromatic carboxylic acids is 1. The summed E-state index contributed by atoms with van der Waals surface area (Å²) in [5, 5.41) is 15.0. The van der Waals surface area contributed by atoms with Gasteiger partial charge in [0.05, 0.1) is 5.56 Å². The molecule has 1 atom stereocenters. The van der Waals surface area contributed by atoms with E-state index in [9.17, 15) is 9.59 Å². The summed E-state index contributed by atoms with van der Waals surface area (Å²) in [6.07, 6.45) is 3.62. The molecule has 1 aromatic rings. The molecule has 1 saturated heterocycles. The van der Waals surface area contributed by atoms with Crippen LogP contribution in [0.4, 0.5) is 10.5 Å². The first-order valence-corrected chi connectivity index (χ1v) is 8.11. The van der Waals surface area contributed by atoms with Gasteiger partial charge in [-0.15, -0.1) is 0 Å². The van der Waals surface area contributed by atoms with E-state index in [1.165, 1.54) is 25.0 Å². The lowest BCUT2D eigenvalue weighted by atomic mass is 10.1. The lowest BCUT2D eigenvalue weighted by molar-refractivity contribution is 0.0697. The SMILES string of the molecule is Cc1ccc(C(=O)O)cc1NC(=O)NCC1CCCCS1. The lowest BCUT2D eigenvalue weighted by Gasteiger charge is -2.21. The zero-order valence-electron chi connectivity index (χ0n) is 12.0. The van der Waals surface area contributed by atoms with E-state index in [4.69, 9.17) is 5.11 Å². The van der Waals surface area contributed by atoms with Crippen molar-refractivity contribution in [1.29, 1.82) is 0 Å². The summed E-state index contributed by atoms with van der Waals surface area (Å²) in [4.78, 5) is 22.9. The van der Waals surface area contributed by atoms with Crippen molar-refractivity contribution >= 4 is 29.4 Å². The van der Waals surface area contributed by atoms with Crippen LogP contribution in [0.25, 0.3) is 0 Å². The largest absolute Gasteiger partial charge is 0.478 e. The number of anilines is 1. The Labute approximate surface area is 128 Å². The Morgan fingerprint density at radius 3 is 2.86 bits per heavy atom. The molecule has 1 aliphatic rings. The Kier molecular flexibility index (Phi) is 5.50. The minimum Gasteiger partial charge on any atom is -0.478 e. The zero-order chi connectivity index (χ0) is 15.2. The summed E-state index contributed by atoms with van der Waals surface area (Å²) >= 11 is 1.90. The van der Waals surface area contributed by atoms with Gasteiger partial charge in [-0.25, -0.2) is 9.59 Å². The fraction of sp³-hybridized carbons (Fsp3) is 0.467. The molecule has 0 radical (unpaired) electrons. The van der Waals surface area contributed by atoms with E-state index >= 15 is 0 Å². The third-order valence-electron chi connectivity index (χ3n) is 3.50. The van der Waals surface area contributed by atoms with Gasteiger partial charge in [0.2, 0.25) is 0 Å². The Morgan fingerprint density at radius 2 is 2.19 bits per heavy atom. The zero-order valence-corrected chi connectivity index (χ0v) is 12.8. The molecule has 0 bridgehead atoms. The highest BCUT2D eigenvalue weighted by Gasteiger charge is 2.15. The van der Waals surface area contributed by atoms with Gasteiger partial charge in [0.15, 0.2) is 0 Å². The van der Waals surface area contributed by atoms with Crippen LogP contribution < -0.4 is 10.6 Å². The van der Waals surface area contributed by atoms with E-state index in [-0.39, 0.29) is 11.6 Å². The highest BCUT2D eigenvalue weighted by Crippen LogP contribution is 2.24. The van der Waals surface area contributed by atoms with Crippen LogP contribution in [0.15, 0.2) is 18.2 Å². The second-order valence-electron chi connectivity index (χ2n) is 5.16. The molecule has 114 valence electrons. The number of hydrogen-bond acceptors (Lipinski definition) is 3. The van der Waals surface area contributed by atoms with E-state index in [0.29, 0.717) is 17.5 Å². The Balaban J connectivity index is 1.89. The summed E-state index contributed by atoms with van der Waals surface area (Å²) in [5.41, 5.74) is 1.53. The summed E-state index contributed by atoms with van der Waals surface area (Å²) in [6, 6.07) is 4.41. The van der Waals surface area contributed by atoms with E-state index < -0.39 is 5.97 Å². The number of thioether (sulfide) groups is 1. The number of urea groups is 1. The maximum absolute atomic E-state index is 11.9. The average molecular weight is 308 g/mol. The molecular weight excluding hydrogens is 288 g/mol. The summed E-state index contributed by atoms with van der Waals surface area (Å²) in [5.74, 6) is 0.158. The number of carboxylic acids is 1. The number of carbonyl (C=O) groups excluding carboxylic acids is 1. The Morgan fingerprint density at radius 1 is 1.38 bits per heavy atom. The normalized spacial score (nSPS) is 18.0. The smallest absolute Gasteiger partial charge is 0.335 e. The van der Waals surface area contributed by atoms with Gasteiger partial charge in [-0.1, -0.05) is 12.5 Å². The maximum atomic E-state index is 11.9. The third kappa shape index (κ3) is 4.67. The Bertz CT molecular complexity index is 528. The molecule has 21 heavy (non-hydrogen) atoms. The number of nitrogens with one attached hydrogen (secondary N) is 2. The van der Waals surface area contributed by atoms with Crippen LogP contribution >= 0.6 is 11.8 Å². The van der Waals surface area contributed by atoms with Gasteiger partial charge in [0.1, 0.15) is 0 Å². The van der Waals surface area contributed by atoms with Gasteiger partial charge in [0.25, 0.3) is 0 Å². The first kappa shape index (κ1) is 15.7. The molecular formula is C15H20N2O3S. The highest BCUT2D eigenvalue weighted by molar-refractivity contribution is 7.99. The Hall–Kier alpha value is -1.69. The van der Waals surface area contributed by atoms with E-state index in [0.717, 1.165) is 17.7 Å².